The van der Waals surface area contributed by atoms with Crippen LogP contribution in [0.5, 0.6) is 11.5 Å². The number of nitrogens with one attached hydrogen (secondary N) is 1. The summed E-state index contributed by atoms with van der Waals surface area (Å²) in [7, 11) is 3.55. The molecule has 0 bridgehead atoms. The highest BCUT2D eigenvalue weighted by Gasteiger charge is 2.15. The molecule has 28 heavy (non-hydrogen) atoms. The van der Waals surface area contributed by atoms with Crippen LogP contribution in [0, 0.1) is 6.92 Å². The zero-order valence-corrected chi connectivity index (χ0v) is 16.6. The fourth-order valence-electron chi connectivity index (χ4n) is 2.94. The Labute approximate surface area is 165 Å². The van der Waals surface area contributed by atoms with Crippen LogP contribution in [0.2, 0.25) is 0 Å². The fourth-order valence-corrected chi connectivity index (χ4v) is 2.94. The van der Waals surface area contributed by atoms with Crippen molar-refractivity contribution in [3.05, 3.63) is 77.4 Å². The van der Waals surface area contributed by atoms with Crippen molar-refractivity contribution in [2.24, 2.45) is 7.05 Å². The molecule has 1 amide bonds. The molecule has 0 fully saturated rings. The second-order valence-corrected chi connectivity index (χ2v) is 6.71. The molecule has 3 rings (SSSR count). The lowest BCUT2D eigenvalue weighted by Crippen LogP contribution is -2.27. The van der Waals surface area contributed by atoms with Crippen molar-refractivity contribution >= 4 is 5.91 Å². The van der Waals surface area contributed by atoms with Crippen molar-refractivity contribution in [2.75, 3.05) is 7.11 Å². The van der Waals surface area contributed by atoms with Crippen molar-refractivity contribution in [1.29, 1.82) is 0 Å². The molecule has 1 N–H and O–H groups in total. The van der Waals surface area contributed by atoms with E-state index in [9.17, 15) is 4.79 Å². The molecule has 3 aromatic rings. The van der Waals surface area contributed by atoms with Crippen molar-refractivity contribution in [3.63, 3.8) is 0 Å². The smallest absolute Gasteiger partial charge is 0.251 e. The van der Waals surface area contributed by atoms with Crippen LogP contribution < -0.4 is 14.8 Å². The van der Waals surface area contributed by atoms with Gasteiger partial charge in [0, 0.05) is 30.6 Å². The van der Waals surface area contributed by atoms with E-state index < -0.39 is 0 Å². The van der Waals surface area contributed by atoms with Gasteiger partial charge in [-0.2, -0.15) is 0 Å². The largest absolute Gasteiger partial charge is 0.496 e. The SMILES string of the molecule is COc1ccc(C)cc1C(C)NC(=O)c1ccc(OCc2nccn2C)cc1. The van der Waals surface area contributed by atoms with E-state index in [0.717, 1.165) is 22.7 Å². The molecule has 0 aliphatic carbocycles. The molecule has 1 heterocycles. The van der Waals surface area contributed by atoms with E-state index in [1.807, 2.05) is 49.9 Å². The Bertz CT molecular complexity index is 948. The Hall–Kier alpha value is -3.28. The average molecular weight is 379 g/mol. The maximum Gasteiger partial charge on any atom is 0.251 e. The number of nitrogens with zero attached hydrogens (tertiary/aromatic N) is 2. The van der Waals surface area contributed by atoms with E-state index >= 15 is 0 Å². The first-order valence-corrected chi connectivity index (χ1v) is 9.12. The topological polar surface area (TPSA) is 65.4 Å². The number of hydrogen-bond acceptors (Lipinski definition) is 4. The number of aryl methyl sites for hydroxylation is 2. The van der Waals surface area contributed by atoms with E-state index in [1.54, 1.807) is 37.6 Å². The van der Waals surface area contributed by atoms with Crippen LogP contribution in [0.1, 0.15) is 40.3 Å². The number of hydrogen-bond donors (Lipinski definition) is 1. The van der Waals surface area contributed by atoms with Gasteiger partial charge in [0.05, 0.1) is 13.2 Å². The van der Waals surface area contributed by atoms with Crippen LogP contribution in [0.4, 0.5) is 0 Å². The maximum atomic E-state index is 12.6. The lowest BCUT2D eigenvalue weighted by molar-refractivity contribution is 0.0939. The molecule has 0 spiro atoms. The van der Waals surface area contributed by atoms with Gasteiger partial charge >= 0.3 is 0 Å². The monoisotopic (exact) mass is 379 g/mol. The van der Waals surface area contributed by atoms with E-state index in [2.05, 4.69) is 10.3 Å². The molecule has 6 nitrogen and oxygen atoms in total. The molecule has 1 unspecified atom stereocenters. The molecule has 6 heteroatoms. The molecule has 0 saturated carbocycles. The minimum absolute atomic E-state index is 0.147. The third kappa shape index (κ3) is 4.52. The molecule has 1 atom stereocenters. The summed E-state index contributed by atoms with van der Waals surface area (Å²) in [6.07, 6.45) is 3.60. The minimum atomic E-state index is -0.179. The number of carbonyl (C=O) groups is 1. The van der Waals surface area contributed by atoms with Crippen LogP contribution in [-0.2, 0) is 13.7 Å². The van der Waals surface area contributed by atoms with Gasteiger partial charge in [0.1, 0.15) is 23.9 Å². The molecule has 2 aromatic carbocycles. The molecule has 1 aromatic heterocycles. The summed E-state index contributed by atoms with van der Waals surface area (Å²) in [5, 5.41) is 3.02. The van der Waals surface area contributed by atoms with Gasteiger partial charge in [0.25, 0.3) is 5.91 Å². The molecule has 146 valence electrons. The highest BCUT2D eigenvalue weighted by Crippen LogP contribution is 2.26. The van der Waals surface area contributed by atoms with Gasteiger partial charge in [-0.3, -0.25) is 4.79 Å². The molecular formula is C22H25N3O3. The van der Waals surface area contributed by atoms with Crippen LogP contribution in [-0.4, -0.2) is 22.6 Å². The van der Waals surface area contributed by atoms with E-state index in [1.165, 1.54) is 0 Å². The first-order valence-electron chi connectivity index (χ1n) is 9.12. The Morgan fingerprint density at radius 2 is 1.96 bits per heavy atom. The third-order valence-corrected chi connectivity index (χ3v) is 4.60. The second-order valence-electron chi connectivity index (χ2n) is 6.71. The van der Waals surface area contributed by atoms with Crippen LogP contribution in [0.3, 0.4) is 0 Å². The summed E-state index contributed by atoms with van der Waals surface area (Å²) in [4.78, 5) is 16.8. The normalized spacial score (nSPS) is 11.7. The van der Waals surface area contributed by atoms with Crippen molar-refractivity contribution in [1.82, 2.24) is 14.9 Å². The number of imidazole rings is 1. The lowest BCUT2D eigenvalue weighted by Gasteiger charge is -2.18. The Balaban J connectivity index is 1.63. The number of benzene rings is 2. The number of methoxy groups -OCH3 is 1. The van der Waals surface area contributed by atoms with Gasteiger partial charge in [0.15, 0.2) is 0 Å². The highest BCUT2D eigenvalue weighted by atomic mass is 16.5. The number of rotatable bonds is 7. The van der Waals surface area contributed by atoms with E-state index in [0.29, 0.717) is 17.9 Å². The van der Waals surface area contributed by atoms with Gasteiger partial charge in [-0.15, -0.1) is 0 Å². The quantitative estimate of drug-likeness (QED) is 0.678. The summed E-state index contributed by atoms with van der Waals surface area (Å²) in [6, 6.07) is 12.8. The standard InChI is InChI=1S/C22H25N3O3/c1-15-5-10-20(27-4)19(13-15)16(2)24-22(26)17-6-8-18(9-7-17)28-14-21-23-11-12-25(21)3/h5-13,16H,14H2,1-4H3,(H,24,26). The zero-order valence-electron chi connectivity index (χ0n) is 16.6. The van der Waals surface area contributed by atoms with Gasteiger partial charge in [-0.1, -0.05) is 17.7 Å². The molecule has 0 aliphatic rings. The predicted octanol–water partition coefficient (Wildman–Crippen LogP) is 3.81. The van der Waals surface area contributed by atoms with Crippen molar-refractivity contribution in [2.45, 2.75) is 26.5 Å². The van der Waals surface area contributed by atoms with Crippen LogP contribution in [0.25, 0.3) is 0 Å². The van der Waals surface area contributed by atoms with Gasteiger partial charge in [0.2, 0.25) is 0 Å². The minimum Gasteiger partial charge on any atom is -0.496 e. The van der Waals surface area contributed by atoms with E-state index in [4.69, 9.17) is 9.47 Å². The molecule has 0 radical (unpaired) electrons. The first-order chi connectivity index (χ1) is 13.5. The van der Waals surface area contributed by atoms with Gasteiger partial charge in [-0.25, -0.2) is 4.98 Å². The maximum absolute atomic E-state index is 12.6. The molecule has 0 aliphatic heterocycles. The summed E-state index contributed by atoms with van der Waals surface area (Å²) in [6.45, 7) is 4.33. The zero-order chi connectivity index (χ0) is 20.1. The Kier molecular flexibility index (Phi) is 5.99. The average Bonchev–Trinajstić information content (AvgIpc) is 3.11. The fraction of sp³-hybridized carbons (Fsp3) is 0.273. The molecular weight excluding hydrogens is 354 g/mol. The van der Waals surface area contributed by atoms with Crippen molar-refractivity contribution < 1.29 is 14.3 Å². The Morgan fingerprint density at radius 3 is 2.61 bits per heavy atom. The summed E-state index contributed by atoms with van der Waals surface area (Å²) in [5.74, 6) is 2.14. The van der Waals surface area contributed by atoms with Crippen molar-refractivity contribution in [3.8, 4) is 11.5 Å². The third-order valence-electron chi connectivity index (χ3n) is 4.60. The number of amides is 1. The number of ether oxygens (including phenoxy) is 2. The lowest BCUT2D eigenvalue weighted by atomic mass is 10.0. The van der Waals surface area contributed by atoms with E-state index in [-0.39, 0.29) is 11.9 Å². The van der Waals surface area contributed by atoms with Crippen LogP contribution >= 0.6 is 0 Å². The highest BCUT2D eigenvalue weighted by molar-refractivity contribution is 5.94. The predicted molar refractivity (Wildman–Crippen MR) is 108 cm³/mol. The Morgan fingerprint density at radius 1 is 1.21 bits per heavy atom. The van der Waals surface area contributed by atoms with Gasteiger partial charge < -0.3 is 19.4 Å². The molecule has 0 saturated heterocycles. The summed E-state index contributed by atoms with van der Waals surface area (Å²) < 4.78 is 13.0. The second kappa shape index (κ2) is 8.61. The summed E-state index contributed by atoms with van der Waals surface area (Å²) in [5.41, 5.74) is 2.64. The number of aromatic nitrogens is 2. The van der Waals surface area contributed by atoms with Gasteiger partial charge in [-0.05, 0) is 44.2 Å². The first kappa shape index (κ1) is 19.5. The number of carbonyl (C=O) groups excluding carboxylic acids is 1. The summed E-state index contributed by atoms with van der Waals surface area (Å²) >= 11 is 0. The van der Waals surface area contributed by atoms with Crippen LogP contribution in [0.15, 0.2) is 54.9 Å².